The Bertz CT molecular complexity index is 491. The number of unbranched alkanes of at least 4 members (excludes halogenated alkanes) is 1. The number of aliphatic hydroxyl groups is 1. The normalized spacial score (nSPS) is 22.7. The van der Waals surface area contributed by atoms with Crippen LogP contribution < -0.4 is 0 Å². The van der Waals surface area contributed by atoms with Gasteiger partial charge < -0.3 is 5.11 Å². The summed E-state index contributed by atoms with van der Waals surface area (Å²) in [6, 6.07) is 9.64. The van der Waals surface area contributed by atoms with E-state index in [2.05, 4.69) is 17.2 Å². The molecule has 1 atom stereocenters. The molecule has 3 heteroatoms. The van der Waals surface area contributed by atoms with Gasteiger partial charge in [0.2, 0.25) is 0 Å². The Balaban J connectivity index is 1.95. The van der Waals surface area contributed by atoms with Gasteiger partial charge in [-0.15, -0.1) is 0 Å². The fourth-order valence-corrected chi connectivity index (χ4v) is 2.01. The Morgan fingerprint density at radius 1 is 1.21 bits per heavy atom. The molecule has 0 fully saturated rings. The van der Waals surface area contributed by atoms with E-state index in [1.165, 1.54) is 0 Å². The summed E-state index contributed by atoms with van der Waals surface area (Å²) in [5.41, 5.74) is 0.954. The fourth-order valence-electron chi connectivity index (χ4n) is 2.01. The molecule has 0 bridgehead atoms. The Morgan fingerprint density at radius 3 is 2.63 bits per heavy atom. The smallest absolute Gasteiger partial charge is 0.0866 e. The topological polar surface area (TPSA) is 45.0 Å². The maximum absolute atomic E-state index is 10.3. The van der Waals surface area contributed by atoms with Crippen LogP contribution in [-0.4, -0.2) is 10.7 Å². The second kappa shape index (κ2) is 6.43. The molecule has 2 rings (SSSR count). The molecule has 0 heterocycles. The van der Waals surface area contributed by atoms with Crippen molar-refractivity contribution in [3.8, 4) is 0 Å². The first-order valence-corrected chi connectivity index (χ1v) is 6.80. The number of rotatable bonds is 5. The van der Waals surface area contributed by atoms with Crippen molar-refractivity contribution in [3.05, 3.63) is 54.3 Å². The molecule has 19 heavy (non-hydrogen) atoms. The standard InChI is InChI=1S/C16H20N2O/c1-2-3-11-16(19)12-9-15(10-13-16)18-17-14-7-5-4-6-8-14/h4-10,12,19H,2-3,11,13H2,1H3. The third-order valence-electron chi connectivity index (χ3n) is 3.23. The molecule has 1 aromatic rings. The lowest BCUT2D eigenvalue weighted by molar-refractivity contribution is 0.0805. The van der Waals surface area contributed by atoms with Crippen molar-refractivity contribution >= 4 is 5.69 Å². The predicted octanol–water partition coefficient (Wildman–Crippen LogP) is 4.54. The van der Waals surface area contributed by atoms with E-state index >= 15 is 0 Å². The summed E-state index contributed by atoms with van der Waals surface area (Å²) in [6.07, 6.45) is 9.21. The van der Waals surface area contributed by atoms with E-state index in [-0.39, 0.29) is 0 Å². The van der Waals surface area contributed by atoms with E-state index in [9.17, 15) is 5.11 Å². The molecular formula is C16H20N2O. The van der Waals surface area contributed by atoms with Gasteiger partial charge in [-0.2, -0.15) is 10.2 Å². The molecule has 1 unspecified atom stereocenters. The highest BCUT2D eigenvalue weighted by atomic mass is 16.3. The summed E-state index contributed by atoms with van der Waals surface area (Å²) in [5, 5.41) is 18.7. The summed E-state index contributed by atoms with van der Waals surface area (Å²) in [7, 11) is 0. The second-order valence-electron chi connectivity index (χ2n) is 4.91. The fraction of sp³-hybridized carbons (Fsp3) is 0.375. The minimum Gasteiger partial charge on any atom is -0.385 e. The molecule has 0 spiro atoms. The highest BCUT2D eigenvalue weighted by Gasteiger charge is 2.23. The largest absolute Gasteiger partial charge is 0.385 e. The predicted molar refractivity (Wildman–Crippen MR) is 77.3 cm³/mol. The maximum Gasteiger partial charge on any atom is 0.0866 e. The van der Waals surface area contributed by atoms with Crippen molar-refractivity contribution in [2.45, 2.75) is 38.2 Å². The molecule has 0 radical (unpaired) electrons. The molecule has 0 amide bonds. The Hall–Kier alpha value is -1.74. The van der Waals surface area contributed by atoms with Gasteiger partial charge in [-0.05, 0) is 24.6 Å². The zero-order valence-electron chi connectivity index (χ0n) is 11.3. The highest BCUT2D eigenvalue weighted by Crippen LogP contribution is 2.27. The van der Waals surface area contributed by atoms with Crippen molar-refractivity contribution in [1.82, 2.24) is 0 Å². The van der Waals surface area contributed by atoms with Crippen LogP contribution in [0.25, 0.3) is 0 Å². The van der Waals surface area contributed by atoms with Gasteiger partial charge >= 0.3 is 0 Å². The summed E-state index contributed by atoms with van der Waals surface area (Å²) in [6.45, 7) is 2.13. The summed E-state index contributed by atoms with van der Waals surface area (Å²) < 4.78 is 0. The lowest BCUT2D eigenvalue weighted by Gasteiger charge is -2.25. The van der Waals surface area contributed by atoms with Crippen molar-refractivity contribution in [2.24, 2.45) is 10.2 Å². The van der Waals surface area contributed by atoms with Gasteiger partial charge in [0.1, 0.15) is 0 Å². The van der Waals surface area contributed by atoms with Gasteiger partial charge in [0.15, 0.2) is 0 Å². The summed E-state index contributed by atoms with van der Waals surface area (Å²) in [4.78, 5) is 0. The van der Waals surface area contributed by atoms with E-state index in [0.29, 0.717) is 6.42 Å². The van der Waals surface area contributed by atoms with Crippen molar-refractivity contribution in [3.63, 3.8) is 0 Å². The third kappa shape index (κ3) is 4.14. The highest BCUT2D eigenvalue weighted by molar-refractivity contribution is 5.35. The average molecular weight is 256 g/mol. The van der Waals surface area contributed by atoms with Gasteiger partial charge in [-0.25, -0.2) is 0 Å². The maximum atomic E-state index is 10.3. The van der Waals surface area contributed by atoms with Crippen LogP contribution in [0.5, 0.6) is 0 Å². The quantitative estimate of drug-likeness (QED) is 0.772. The van der Waals surface area contributed by atoms with Crippen molar-refractivity contribution in [1.29, 1.82) is 0 Å². The molecule has 0 saturated carbocycles. The molecule has 0 aromatic heterocycles. The minimum absolute atomic E-state index is 0.618. The van der Waals surface area contributed by atoms with Crippen LogP contribution in [0.3, 0.4) is 0 Å². The average Bonchev–Trinajstić information content (AvgIpc) is 2.46. The number of hydrogen-bond acceptors (Lipinski definition) is 3. The van der Waals surface area contributed by atoms with Crippen LogP contribution in [0.2, 0.25) is 0 Å². The van der Waals surface area contributed by atoms with Crippen LogP contribution in [0.15, 0.2) is 64.5 Å². The van der Waals surface area contributed by atoms with Gasteiger partial charge in [-0.3, -0.25) is 0 Å². The van der Waals surface area contributed by atoms with E-state index in [4.69, 9.17) is 0 Å². The molecule has 0 saturated heterocycles. The zero-order chi connectivity index (χ0) is 13.6. The SMILES string of the molecule is CCCCC1(O)C=CC(N=Nc2ccccc2)=CC1. The molecule has 0 aliphatic heterocycles. The Morgan fingerprint density at radius 2 is 2.00 bits per heavy atom. The molecule has 1 N–H and O–H groups in total. The van der Waals surface area contributed by atoms with Gasteiger partial charge in [0, 0.05) is 6.42 Å². The van der Waals surface area contributed by atoms with Crippen LogP contribution in [0.4, 0.5) is 5.69 Å². The number of hydrogen-bond donors (Lipinski definition) is 1. The van der Waals surface area contributed by atoms with E-state index in [1.807, 2.05) is 48.6 Å². The molecule has 1 aromatic carbocycles. The van der Waals surface area contributed by atoms with Crippen LogP contribution in [0, 0.1) is 0 Å². The minimum atomic E-state index is -0.693. The first-order valence-electron chi connectivity index (χ1n) is 6.80. The first kappa shape index (κ1) is 13.7. The van der Waals surface area contributed by atoms with Crippen LogP contribution in [0.1, 0.15) is 32.6 Å². The Labute approximate surface area is 114 Å². The summed E-state index contributed by atoms with van der Waals surface area (Å²) >= 11 is 0. The van der Waals surface area contributed by atoms with Crippen molar-refractivity contribution in [2.75, 3.05) is 0 Å². The third-order valence-corrected chi connectivity index (χ3v) is 3.23. The number of benzene rings is 1. The molecule has 1 aliphatic rings. The lowest BCUT2D eigenvalue weighted by Crippen LogP contribution is -2.26. The van der Waals surface area contributed by atoms with Gasteiger partial charge in [-0.1, -0.05) is 50.1 Å². The Kier molecular flexibility index (Phi) is 4.63. The van der Waals surface area contributed by atoms with Crippen LogP contribution >= 0.6 is 0 Å². The van der Waals surface area contributed by atoms with E-state index < -0.39 is 5.60 Å². The van der Waals surface area contributed by atoms with E-state index in [1.54, 1.807) is 0 Å². The monoisotopic (exact) mass is 256 g/mol. The number of allylic oxidation sites excluding steroid dienone is 1. The number of nitrogens with zero attached hydrogens (tertiary/aromatic N) is 2. The van der Waals surface area contributed by atoms with Crippen molar-refractivity contribution < 1.29 is 5.11 Å². The van der Waals surface area contributed by atoms with E-state index in [0.717, 1.165) is 30.6 Å². The molecule has 1 aliphatic carbocycles. The summed E-state index contributed by atoms with van der Waals surface area (Å²) in [5.74, 6) is 0. The van der Waals surface area contributed by atoms with Crippen LogP contribution in [-0.2, 0) is 0 Å². The molecule has 100 valence electrons. The molecule has 3 nitrogen and oxygen atoms in total. The second-order valence-corrected chi connectivity index (χ2v) is 4.91. The number of azo groups is 1. The first-order chi connectivity index (χ1) is 9.22. The molecular weight excluding hydrogens is 236 g/mol. The van der Waals surface area contributed by atoms with Gasteiger partial charge in [0.05, 0.1) is 17.0 Å². The zero-order valence-corrected chi connectivity index (χ0v) is 11.3. The lowest BCUT2D eigenvalue weighted by atomic mass is 9.89. The van der Waals surface area contributed by atoms with Gasteiger partial charge in [0.25, 0.3) is 0 Å².